The highest BCUT2D eigenvalue weighted by atomic mass is 16.5. The van der Waals surface area contributed by atoms with Gasteiger partial charge in [0.2, 0.25) is 0 Å². The van der Waals surface area contributed by atoms with Gasteiger partial charge in [-0.1, -0.05) is 12.1 Å². The van der Waals surface area contributed by atoms with E-state index in [0.29, 0.717) is 0 Å². The van der Waals surface area contributed by atoms with Gasteiger partial charge in [-0.25, -0.2) is 0 Å². The van der Waals surface area contributed by atoms with Crippen LogP contribution >= 0.6 is 0 Å². The lowest BCUT2D eigenvalue weighted by Gasteiger charge is -2.51. The Morgan fingerprint density at radius 1 is 1.00 bits per heavy atom. The molecule has 3 aliphatic heterocycles. The maximum atomic E-state index is 6.75. The summed E-state index contributed by atoms with van der Waals surface area (Å²) in [5.74, 6) is 3.15. The fourth-order valence-corrected chi connectivity index (χ4v) is 4.81. The van der Waals surface area contributed by atoms with Crippen molar-refractivity contribution in [1.82, 2.24) is 15.3 Å². The van der Waals surface area contributed by atoms with Gasteiger partial charge in [-0.2, -0.15) is 5.01 Å². The number of nitrogens with one attached hydrogen (secondary N) is 1. The maximum Gasteiger partial charge on any atom is 0.183 e. The molecule has 2 aromatic carbocycles. The van der Waals surface area contributed by atoms with Crippen LogP contribution in [0.15, 0.2) is 42.5 Å². The summed E-state index contributed by atoms with van der Waals surface area (Å²) in [6, 6.07) is 12.0. The van der Waals surface area contributed by atoms with Crippen LogP contribution in [0.1, 0.15) is 30.0 Å². The molecule has 7 heteroatoms. The minimum atomic E-state index is -0.448. The van der Waals surface area contributed by atoms with Crippen LogP contribution in [0.3, 0.4) is 0 Å². The maximum absolute atomic E-state index is 6.75. The van der Waals surface area contributed by atoms with Gasteiger partial charge in [0.05, 0.1) is 33.1 Å². The zero-order chi connectivity index (χ0) is 21.6. The third kappa shape index (κ3) is 3.20. The van der Waals surface area contributed by atoms with E-state index in [2.05, 4.69) is 34.5 Å². The van der Waals surface area contributed by atoms with Crippen molar-refractivity contribution in [3.63, 3.8) is 0 Å². The molecule has 0 bridgehead atoms. The van der Waals surface area contributed by atoms with Gasteiger partial charge in [-0.3, -0.25) is 0 Å². The van der Waals surface area contributed by atoms with Crippen LogP contribution in [0.2, 0.25) is 0 Å². The number of ether oxygens (including phenoxy) is 4. The number of hydrogen-bond donors (Lipinski definition) is 1. The number of methoxy groups -OCH3 is 3. The molecule has 0 unspecified atom stereocenters. The number of nitrogens with zero attached hydrogens (tertiary/aromatic N) is 2. The van der Waals surface area contributed by atoms with Crippen molar-refractivity contribution in [2.24, 2.45) is 0 Å². The molecule has 0 saturated carbocycles. The molecule has 5 rings (SSSR count). The van der Waals surface area contributed by atoms with Crippen molar-refractivity contribution in [3.05, 3.63) is 53.6 Å². The third-order valence-electron chi connectivity index (χ3n) is 6.59. The molecule has 31 heavy (non-hydrogen) atoms. The molecule has 0 aromatic heterocycles. The van der Waals surface area contributed by atoms with E-state index in [1.807, 2.05) is 30.3 Å². The second-order valence-electron chi connectivity index (χ2n) is 8.30. The average Bonchev–Trinajstić information content (AvgIpc) is 3.27. The number of para-hydroxylation sites is 1. The summed E-state index contributed by atoms with van der Waals surface area (Å²) in [6.45, 7) is 1.94. The van der Waals surface area contributed by atoms with Gasteiger partial charge >= 0.3 is 0 Å². The Hall–Kier alpha value is -2.90. The van der Waals surface area contributed by atoms with E-state index in [1.165, 1.54) is 0 Å². The summed E-state index contributed by atoms with van der Waals surface area (Å²) in [5.41, 5.74) is 6.31. The van der Waals surface area contributed by atoms with Crippen LogP contribution in [0, 0.1) is 0 Å². The molecule has 1 atom stereocenters. The summed E-state index contributed by atoms with van der Waals surface area (Å²) < 4.78 is 23.5. The predicted octanol–water partition coefficient (Wildman–Crippen LogP) is 3.43. The van der Waals surface area contributed by atoms with E-state index in [-0.39, 0.29) is 6.04 Å². The van der Waals surface area contributed by atoms with E-state index in [1.54, 1.807) is 21.3 Å². The van der Waals surface area contributed by atoms with Crippen LogP contribution in [0.5, 0.6) is 23.0 Å². The van der Waals surface area contributed by atoms with Gasteiger partial charge in [-0.05, 0) is 31.3 Å². The highest BCUT2D eigenvalue weighted by Crippen LogP contribution is 2.51. The normalized spacial score (nSPS) is 22.1. The standard InChI is InChI=1S/C24H29N3O4/c1-26-12-10-24(11-13-26)27-20(18-6-5-7-21(29-3)23(18)31-24)15-19(25-27)17-9-8-16(28-2)14-22(17)30-4/h5-9,14-15,20,25H,10-13H2,1-4H3/t20-/m0/s1. The zero-order valence-electron chi connectivity index (χ0n) is 18.5. The molecule has 1 saturated heterocycles. The summed E-state index contributed by atoms with van der Waals surface area (Å²) in [5, 5.41) is 2.28. The molecule has 0 amide bonds. The zero-order valence-corrected chi connectivity index (χ0v) is 18.5. The highest BCUT2D eigenvalue weighted by molar-refractivity contribution is 5.73. The Labute approximate surface area is 183 Å². The van der Waals surface area contributed by atoms with Gasteiger partial charge in [0.1, 0.15) is 11.5 Å². The molecule has 1 spiro atoms. The Morgan fingerprint density at radius 3 is 2.48 bits per heavy atom. The average molecular weight is 424 g/mol. The number of fused-ring (bicyclic) bond motifs is 4. The van der Waals surface area contributed by atoms with Gasteiger partial charge in [-0.15, -0.1) is 0 Å². The lowest BCUT2D eigenvalue weighted by Crippen LogP contribution is -2.63. The topological polar surface area (TPSA) is 55.4 Å². The van der Waals surface area contributed by atoms with Crippen molar-refractivity contribution < 1.29 is 18.9 Å². The van der Waals surface area contributed by atoms with E-state index in [4.69, 9.17) is 18.9 Å². The molecule has 0 aliphatic carbocycles. The van der Waals surface area contributed by atoms with Crippen molar-refractivity contribution in [2.45, 2.75) is 24.6 Å². The predicted molar refractivity (Wildman–Crippen MR) is 118 cm³/mol. The Kier molecular flexibility index (Phi) is 4.95. The SMILES string of the molecule is COc1ccc(C2=C[C@H]3c4cccc(OC)c4OC4(CCN(C)CC4)N3N2)c(OC)c1. The molecule has 7 nitrogen and oxygen atoms in total. The Morgan fingerprint density at radius 2 is 1.77 bits per heavy atom. The van der Waals surface area contributed by atoms with Gasteiger partial charge in [0.25, 0.3) is 0 Å². The van der Waals surface area contributed by atoms with Crippen LogP contribution in [0.25, 0.3) is 5.70 Å². The van der Waals surface area contributed by atoms with Gasteiger partial charge in [0.15, 0.2) is 17.2 Å². The minimum Gasteiger partial charge on any atom is -0.497 e. The first-order chi connectivity index (χ1) is 15.1. The first-order valence-corrected chi connectivity index (χ1v) is 10.6. The molecule has 164 valence electrons. The fraction of sp³-hybridized carbons (Fsp3) is 0.417. The van der Waals surface area contributed by atoms with Crippen molar-refractivity contribution in [1.29, 1.82) is 0 Å². The lowest BCUT2D eigenvalue weighted by atomic mass is 9.92. The van der Waals surface area contributed by atoms with Crippen LogP contribution < -0.4 is 24.4 Å². The van der Waals surface area contributed by atoms with E-state index >= 15 is 0 Å². The number of rotatable bonds is 4. The first kappa shape index (κ1) is 20.0. The second-order valence-corrected chi connectivity index (χ2v) is 8.30. The van der Waals surface area contributed by atoms with Crippen molar-refractivity contribution in [3.8, 4) is 23.0 Å². The monoisotopic (exact) mass is 423 g/mol. The number of hydrazine groups is 1. The van der Waals surface area contributed by atoms with Gasteiger partial charge < -0.3 is 29.3 Å². The molecule has 1 fully saturated rings. The number of likely N-dealkylation sites (tertiary alicyclic amines) is 1. The van der Waals surface area contributed by atoms with Crippen molar-refractivity contribution >= 4 is 5.70 Å². The third-order valence-corrected chi connectivity index (χ3v) is 6.59. The fourth-order valence-electron chi connectivity index (χ4n) is 4.81. The van der Waals surface area contributed by atoms with Crippen molar-refractivity contribution in [2.75, 3.05) is 41.5 Å². The molecule has 0 radical (unpaired) electrons. The van der Waals surface area contributed by atoms with E-state index < -0.39 is 5.72 Å². The number of piperidine rings is 1. The molecule has 2 aromatic rings. The van der Waals surface area contributed by atoms with E-state index in [0.717, 1.165) is 65.8 Å². The van der Waals surface area contributed by atoms with Crippen LogP contribution in [0.4, 0.5) is 0 Å². The molecule has 3 aliphatic rings. The summed E-state index contributed by atoms with van der Waals surface area (Å²) in [4.78, 5) is 2.35. The molecule has 1 N–H and O–H groups in total. The first-order valence-electron chi connectivity index (χ1n) is 10.6. The highest BCUT2D eigenvalue weighted by Gasteiger charge is 2.52. The summed E-state index contributed by atoms with van der Waals surface area (Å²) >= 11 is 0. The van der Waals surface area contributed by atoms with E-state index in [9.17, 15) is 0 Å². The smallest absolute Gasteiger partial charge is 0.183 e. The Bertz CT molecular complexity index is 1010. The Balaban J connectivity index is 1.60. The van der Waals surface area contributed by atoms with Crippen LogP contribution in [-0.4, -0.2) is 57.1 Å². The molecular formula is C24H29N3O4. The summed E-state index contributed by atoms with van der Waals surface area (Å²) in [7, 11) is 7.20. The van der Waals surface area contributed by atoms with Gasteiger partial charge in [0, 0.05) is 43.1 Å². The van der Waals surface area contributed by atoms with Crippen LogP contribution in [-0.2, 0) is 0 Å². The number of benzene rings is 2. The second kappa shape index (κ2) is 7.66. The summed E-state index contributed by atoms with van der Waals surface area (Å²) in [6.07, 6.45) is 4.04. The molecular weight excluding hydrogens is 394 g/mol. The quantitative estimate of drug-likeness (QED) is 0.809. The number of hydrogen-bond acceptors (Lipinski definition) is 7. The largest absolute Gasteiger partial charge is 0.497 e. The lowest BCUT2D eigenvalue weighted by molar-refractivity contribution is -0.158. The molecule has 3 heterocycles. The minimum absolute atomic E-state index is 0.0315.